The minimum absolute atomic E-state index is 0.517. The number of hydrogen-bond donors (Lipinski definition) is 0. The van der Waals surface area contributed by atoms with E-state index >= 15 is 0 Å². The largest absolute Gasteiger partial charge is 0.236 e. The molecule has 0 radical (unpaired) electrons. The van der Waals surface area contributed by atoms with Crippen LogP contribution in [0.2, 0.25) is 5.15 Å². The second kappa shape index (κ2) is 3.99. The van der Waals surface area contributed by atoms with Crippen molar-refractivity contribution in [3.63, 3.8) is 0 Å². The Morgan fingerprint density at radius 3 is 2.47 bits per heavy atom. The van der Waals surface area contributed by atoms with E-state index in [4.69, 9.17) is 11.6 Å². The van der Waals surface area contributed by atoms with Gasteiger partial charge < -0.3 is 0 Å². The Balaban J connectivity index is 2.55. The van der Waals surface area contributed by atoms with Gasteiger partial charge in [0.15, 0.2) is 5.82 Å². The fourth-order valence-corrected chi connectivity index (χ4v) is 1.50. The van der Waals surface area contributed by atoms with E-state index in [2.05, 4.69) is 9.97 Å². The van der Waals surface area contributed by atoms with Gasteiger partial charge in [-0.2, -0.15) is 0 Å². The number of halogens is 1. The monoisotopic (exact) mass is 218 g/mol. The van der Waals surface area contributed by atoms with E-state index in [1.165, 1.54) is 0 Å². The van der Waals surface area contributed by atoms with Gasteiger partial charge >= 0.3 is 0 Å². The van der Waals surface area contributed by atoms with Crippen molar-refractivity contribution in [1.29, 1.82) is 0 Å². The van der Waals surface area contributed by atoms with Crippen molar-refractivity contribution < 1.29 is 0 Å². The van der Waals surface area contributed by atoms with Crippen LogP contribution in [-0.4, -0.2) is 9.97 Å². The van der Waals surface area contributed by atoms with Gasteiger partial charge in [0.2, 0.25) is 0 Å². The average Bonchev–Trinajstić information content (AvgIpc) is 2.23. The van der Waals surface area contributed by atoms with E-state index in [1.54, 1.807) is 6.20 Å². The standard InChI is InChI=1S/C12H11ClN2/c1-8-5-3-4-6-10(8)12-14-7-9(2)11(13)15-12/h3-7H,1-2H3. The summed E-state index contributed by atoms with van der Waals surface area (Å²) in [5.41, 5.74) is 3.07. The lowest BCUT2D eigenvalue weighted by molar-refractivity contribution is 1.13. The highest BCUT2D eigenvalue weighted by molar-refractivity contribution is 6.30. The van der Waals surface area contributed by atoms with E-state index in [-0.39, 0.29) is 0 Å². The van der Waals surface area contributed by atoms with Crippen LogP contribution in [0.3, 0.4) is 0 Å². The number of aromatic nitrogens is 2. The van der Waals surface area contributed by atoms with Crippen LogP contribution in [0.5, 0.6) is 0 Å². The molecule has 0 N–H and O–H groups in total. The maximum atomic E-state index is 5.96. The Bertz CT molecular complexity index is 495. The van der Waals surface area contributed by atoms with E-state index in [9.17, 15) is 0 Å². The van der Waals surface area contributed by atoms with Gasteiger partial charge in [-0.3, -0.25) is 0 Å². The average molecular weight is 219 g/mol. The van der Waals surface area contributed by atoms with E-state index < -0.39 is 0 Å². The Morgan fingerprint density at radius 2 is 1.80 bits per heavy atom. The molecule has 0 bridgehead atoms. The second-order valence-electron chi connectivity index (χ2n) is 3.48. The molecule has 0 aliphatic carbocycles. The van der Waals surface area contributed by atoms with Crippen LogP contribution in [0.15, 0.2) is 30.5 Å². The van der Waals surface area contributed by atoms with Crippen LogP contribution in [0.4, 0.5) is 0 Å². The Morgan fingerprint density at radius 1 is 1.07 bits per heavy atom. The van der Waals surface area contributed by atoms with E-state index in [0.29, 0.717) is 11.0 Å². The fraction of sp³-hybridized carbons (Fsp3) is 0.167. The summed E-state index contributed by atoms with van der Waals surface area (Å²) in [6, 6.07) is 8.00. The molecule has 0 spiro atoms. The molecular formula is C12H11ClN2. The summed E-state index contributed by atoms with van der Waals surface area (Å²) < 4.78 is 0. The molecule has 0 saturated heterocycles. The van der Waals surface area contributed by atoms with Crippen molar-refractivity contribution in [1.82, 2.24) is 9.97 Å². The topological polar surface area (TPSA) is 25.8 Å². The lowest BCUT2D eigenvalue weighted by Crippen LogP contribution is -1.93. The fourth-order valence-electron chi connectivity index (χ4n) is 1.37. The van der Waals surface area contributed by atoms with Crippen molar-refractivity contribution in [3.05, 3.63) is 46.7 Å². The Hall–Kier alpha value is -1.41. The van der Waals surface area contributed by atoms with Gasteiger partial charge in [0.1, 0.15) is 5.15 Å². The predicted molar refractivity (Wildman–Crippen MR) is 62.0 cm³/mol. The molecule has 0 atom stereocenters. The van der Waals surface area contributed by atoms with Gasteiger partial charge in [-0.05, 0) is 19.4 Å². The van der Waals surface area contributed by atoms with Crippen LogP contribution in [0, 0.1) is 13.8 Å². The van der Waals surface area contributed by atoms with Crippen molar-refractivity contribution in [3.8, 4) is 11.4 Å². The first-order valence-corrected chi connectivity index (χ1v) is 5.11. The Labute approximate surface area is 94.0 Å². The van der Waals surface area contributed by atoms with Crippen LogP contribution in [-0.2, 0) is 0 Å². The molecule has 2 rings (SSSR count). The summed E-state index contributed by atoms with van der Waals surface area (Å²) >= 11 is 5.96. The number of rotatable bonds is 1. The first-order chi connectivity index (χ1) is 7.18. The zero-order valence-electron chi connectivity index (χ0n) is 8.66. The highest BCUT2D eigenvalue weighted by Gasteiger charge is 2.05. The molecule has 0 aliphatic rings. The summed E-state index contributed by atoms with van der Waals surface area (Å²) in [4.78, 5) is 8.53. The summed E-state index contributed by atoms with van der Waals surface area (Å²) in [5.74, 6) is 0.684. The van der Waals surface area contributed by atoms with Crippen molar-refractivity contribution in [2.45, 2.75) is 13.8 Å². The van der Waals surface area contributed by atoms with Gasteiger partial charge in [-0.1, -0.05) is 35.9 Å². The van der Waals surface area contributed by atoms with Gasteiger partial charge in [-0.25, -0.2) is 9.97 Å². The quantitative estimate of drug-likeness (QED) is 0.686. The lowest BCUT2D eigenvalue weighted by atomic mass is 10.1. The van der Waals surface area contributed by atoms with Gasteiger partial charge in [-0.15, -0.1) is 0 Å². The normalized spacial score (nSPS) is 10.3. The maximum Gasteiger partial charge on any atom is 0.161 e. The molecular weight excluding hydrogens is 208 g/mol. The molecule has 0 aliphatic heterocycles. The number of benzene rings is 1. The number of aryl methyl sites for hydroxylation is 2. The van der Waals surface area contributed by atoms with Crippen LogP contribution in [0.1, 0.15) is 11.1 Å². The molecule has 15 heavy (non-hydrogen) atoms. The SMILES string of the molecule is Cc1ccccc1-c1ncc(C)c(Cl)n1. The van der Waals surface area contributed by atoms with Gasteiger partial charge in [0.05, 0.1) is 0 Å². The summed E-state index contributed by atoms with van der Waals surface area (Å²) in [6.07, 6.45) is 1.75. The molecule has 1 aromatic heterocycles. The van der Waals surface area contributed by atoms with Gasteiger partial charge in [0.25, 0.3) is 0 Å². The molecule has 0 amide bonds. The third-order valence-electron chi connectivity index (χ3n) is 2.30. The molecule has 2 nitrogen and oxygen atoms in total. The summed E-state index contributed by atoms with van der Waals surface area (Å²) in [6.45, 7) is 3.93. The third-order valence-corrected chi connectivity index (χ3v) is 2.68. The first-order valence-electron chi connectivity index (χ1n) is 4.73. The Kier molecular flexibility index (Phi) is 2.69. The molecule has 1 aromatic carbocycles. The van der Waals surface area contributed by atoms with Crippen molar-refractivity contribution in [2.24, 2.45) is 0 Å². The molecule has 3 heteroatoms. The molecule has 76 valence electrons. The highest BCUT2D eigenvalue weighted by atomic mass is 35.5. The number of nitrogens with zero attached hydrogens (tertiary/aromatic N) is 2. The van der Waals surface area contributed by atoms with Crippen molar-refractivity contribution >= 4 is 11.6 Å². The van der Waals surface area contributed by atoms with E-state index in [0.717, 1.165) is 16.7 Å². The predicted octanol–water partition coefficient (Wildman–Crippen LogP) is 3.41. The molecule has 2 aromatic rings. The van der Waals surface area contributed by atoms with Crippen LogP contribution < -0.4 is 0 Å². The van der Waals surface area contributed by atoms with Crippen LogP contribution >= 0.6 is 11.6 Å². The van der Waals surface area contributed by atoms with Crippen molar-refractivity contribution in [2.75, 3.05) is 0 Å². The zero-order chi connectivity index (χ0) is 10.8. The van der Waals surface area contributed by atoms with Crippen LogP contribution in [0.25, 0.3) is 11.4 Å². The molecule has 0 fully saturated rings. The lowest BCUT2D eigenvalue weighted by Gasteiger charge is -2.04. The molecule has 0 saturated carbocycles. The second-order valence-corrected chi connectivity index (χ2v) is 3.84. The highest BCUT2D eigenvalue weighted by Crippen LogP contribution is 2.21. The maximum absolute atomic E-state index is 5.96. The van der Waals surface area contributed by atoms with Gasteiger partial charge in [0, 0.05) is 17.3 Å². The smallest absolute Gasteiger partial charge is 0.161 e. The third kappa shape index (κ3) is 2.00. The minimum atomic E-state index is 0.517. The van der Waals surface area contributed by atoms with E-state index in [1.807, 2.05) is 38.1 Å². The molecule has 0 unspecified atom stereocenters. The number of hydrogen-bond acceptors (Lipinski definition) is 2. The summed E-state index contributed by atoms with van der Waals surface area (Å²) in [7, 11) is 0. The minimum Gasteiger partial charge on any atom is -0.236 e. The zero-order valence-corrected chi connectivity index (χ0v) is 9.42. The molecule has 1 heterocycles. The summed E-state index contributed by atoms with van der Waals surface area (Å²) in [5, 5.41) is 0.517. The first kappa shape index (κ1) is 10.1.